The minimum absolute atomic E-state index is 0.442. The van der Waals surface area contributed by atoms with Gasteiger partial charge in [-0.25, -0.2) is 0 Å². The van der Waals surface area contributed by atoms with Crippen LogP contribution in [-0.4, -0.2) is 4.92 Å². The van der Waals surface area contributed by atoms with Crippen LogP contribution in [0.5, 0.6) is 0 Å². The molecule has 14 heavy (non-hydrogen) atoms. The number of hydrogen-bond donors (Lipinski definition) is 0. The van der Waals surface area contributed by atoms with Crippen molar-refractivity contribution in [2.45, 2.75) is 19.8 Å². The molecule has 3 nitrogen and oxygen atoms in total. The van der Waals surface area contributed by atoms with E-state index in [0.29, 0.717) is 0 Å². The summed E-state index contributed by atoms with van der Waals surface area (Å²) in [5.41, 5.74) is 2.10. The highest BCUT2D eigenvalue weighted by molar-refractivity contribution is 5.52. The lowest BCUT2D eigenvalue weighted by Crippen LogP contribution is -1.89. The molecule has 1 rings (SSSR count). The molecule has 74 valence electrons. The second-order valence-corrected chi connectivity index (χ2v) is 3.05. The minimum Gasteiger partial charge on any atom is -0.259 e. The largest absolute Gasteiger partial charge is 0.259 e. The van der Waals surface area contributed by atoms with E-state index in [2.05, 4.69) is 6.92 Å². The maximum absolute atomic E-state index is 10.2. The molecule has 0 aromatic heterocycles. The fourth-order valence-electron chi connectivity index (χ4n) is 1.33. The first kappa shape index (κ1) is 10.4. The molecule has 0 atom stereocenters. The van der Waals surface area contributed by atoms with Crippen LogP contribution in [0.1, 0.15) is 24.5 Å². The molecule has 0 bridgehead atoms. The van der Waals surface area contributed by atoms with Gasteiger partial charge in [0.15, 0.2) is 0 Å². The first-order valence-corrected chi connectivity index (χ1v) is 4.63. The molecule has 0 aliphatic rings. The quantitative estimate of drug-likeness (QED) is 0.542. The highest BCUT2D eigenvalue weighted by Gasteiger charge is 1.98. The summed E-state index contributed by atoms with van der Waals surface area (Å²) in [6.07, 6.45) is 4.53. The smallest absolute Gasteiger partial charge is 0.235 e. The van der Waals surface area contributed by atoms with Gasteiger partial charge in [0.2, 0.25) is 6.20 Å². The molecule has 0 aliphatic heterocycles. The van der Waals surface area contributed by atoms with E-state index in [-0.39, 0.29) is 0 Å². The van der Waals surface area contributed by atoms with Crippen LogP contribution in [0, 0.1) is 10.1 Å². The Morgan fingerprint density at radius 3 is 2.79 bits per heavy atom. The predicted octanol–water partition coefficient (Wildman–Crippen LogP) is 2.89. The molecular formula is C11H13NO2. The number of nitrogens with zero attached hydrogens (tertiary/aromatic N) is 1. The van der Waals surface area contributed by atoms with Crippen molar-refractivity contribution in [1.82, 2.24) is 0 Å². The summed E-state index contributed by atoms with van der Waals surface area (Å²) in [5.74, 6) is 0. The number of benzene rings is 1. The molecule has 0 fully saturated rings. The van der Waals surface area contributed by atoms with Crippen LogP contribution in [0.2, 0.25) is 0 Å². The topological polar surface area (TPSA) is 43.1 Å². The minimum atomic E-state index is -0.442. The fourth-order valence-corrected chi connectivity index (χ4v) is 1.33. The molecule has 1 aromatic carbocycles. The molecule has 0 saturated carbocycles. The first-order valence-electron chi connectivity index (χ1n) is 4.63. The molecule has 0 heterocycles. The molecule has 0 unspecified atom stereocenters. The van der Waals surface area contributed by atoms with Crippen LogP contribution < -0.4 is 0 Å². The summed E-state index contributed by atoms with van der Waals surface area (Å²) in [6, 6.07) is 7.74. The molecule has 0 radical (unpaired) electrons. The van der Waals surface area contributed by atoms with Crippen LogP contribution in [0.15, 0.2) is 30.5 Å². The zero-order chi connectivity index (χ0) is 10.4. The lowest BCUT2D eigenvalue weighted by Gasteiger charge is -2.02. The van der Waals surface area contributed by atoms with E-state index in [1.165, 1.54) is 0 Å². The van der Waals surface area contributed by atoms with E-state index in [1.807, 2.05) is 24.3 Å². The van der Waals surface area contributed by atoms with Crippen LogP contribution in [0.4, 0.5) is 0 Å². The number of nitro groups is 1. The molecular weight excluding hydrogens is 178 g/mol. The Kier molecular flexibility index (Phi) is 3.85. The van der Waals surface area contributed by atoms with Gasteiger partial charge in [-0.05, 0) is 17.5 Å². The van der Waals surface area contributed by atoms with Gasteiger partial charge in [0.25, 0.3) is 0 Å². The van der Waals surface area contributed by atoms with E-state index in [1.54, 1.807) is 6.08 Å². The summed E-state index contributed by atoms with van der Waals surface area (Å²) in [5, 5.41) is 10.2. The van der Waals surface area contributed by atoms with E-state index < -0.39 is 4.92 Å². The van der Waals surface area contributed by atoms with Crippen LogP contribution in [-0.2, 0) is 6.42 Å². The van der Waals surface area contributed by atoms with Crippen molar-refractivity contribution in [3.05, 3.63) is 51.7 Å². The standard InChI is InChI=1S/C11H13NO2/c1-2-5-10-6-3-4-7-11(10)8-9-12(13)14/h3-4,6-9H,2,5H2,1H3. The number of aryl methyl sites for hydroxylation is 1. The molecule has 3 heteroatoms. The van der Waals surface area contributed by atoms with Gasteiger partial charge in [0, 0.05) is 6.08 Å². The molecule has 0 amide bonds. The average molecular weight is 191 g/mol. The van der Waals surface area contributed by atoms with E-state index in [0.717, 1.165) is 30.2 Å². The Hall–Kier alpha value is -1.64. The zero-order valence-corrected chi connectivity index (χ0v) is 8.14. The summed E-state index contributed by atoms with van der Waals surface area (Å²) in [7, 11) is 0. The van der Waals surface area contributed by atoms with Crippen LogP contribution in [0.25, 0.3) is 6.08 Å². The van der Waals surface area contributed by atoms with Crippen LogP contribution in [0.3, 0.4) is 0 Å². The predicted molar refractivity (Wildman–Crippen MR) is 56.5 cm³/mol. The van der Waals surface area contributed by atoms with Gasteiger partial charge in [-0.3, -0.25) is 10.1 Å². The lowest BCUT2D eigenvalue weighted by molar-refractivity contribution is -0.400. The Morgan fingerprint density at radius 1 is 1.43 bits per heavy atom. The Morgan fingerprint density at radius 2 is 2.14 bits per heavy atom. The number of hydrogen-bond acceptors (Lipinski definition) is 2. The third-order valence-electron chi connectivity index (χ3n) is 1.95. The van der Waals surface area contributed by atoms with Gasteiger partial charge in [-0.1, -0.05) is 37.6 Å². The molecule has 1 aromatic rings. The zero-order valence-electron chi connectivity index (χ0n) is 8.14. The van der Waals surface area contributed by atoms with Gasteiger partial charge >= 0.3 is 0 Å². The SMILES string of the molecule is CCCc1ccccc1C=C[N+](=O)[O-]. The molecule has 0 spiro atoms. The summed E-state index contributed by atoms with van der Waals surface area (Å²) in [6.45, 7) is 2.09. The monoisotopic (exact) mass is 191 g/mol. The second-order valence-electron chi connectivity index (χ2n) is 3.05. The van der Waals surface area contributed by atoms with Crippen molar-refractivity contribution in [2.24, 2.45) is 0 Å². The van der Waals surface area contributed by atoms with E-state index >= 15 is 0 Å². The highest BCUT2D eigenvalue weighted by Crippen LogP contribution is 2.12. The van der Waals surface area contributed by atoms with Crippen molar-refractivity contribution in [3.63, 3.8) is 0 Å². The maximum Gasteiger partial charge on any atom is 0.235 e. The van der Waals surface area contributed by atoms with E-state index in [4.69, 9.17) is 0 Å². The Bertz CT molecular complexity index is 345. The summed E-state index contributed by atoms with van der Waals surface area (Å²) >= 11 is 0. The Balaban J connectivity index is 2.89. The van der Waals surface area contributed by atoms with Crippen molar-refractivity contribution >= 4 is 6.08 Å². The van der Waals surface area contributed by atoms with Gasteiger partial charge < -0.3 is 0 Å². The maximum atomic E-state index is 10.2. The normalized spacial score (nSPS) is 10.6. The van der Waals surface area contributed by atoms with Crippen LogP contribution >= 0.6 is 0 Å². The summed E-state index contributed by atoms with van der Waals surface area (Å²) in [4.78, 5) is 9.72. The fraction of sp³-hybridized carbons (Fsp3) is 0.273. The average Bonchev–Trinajstić information content (AvgIpc) is 2.17. The van der Waals surface area contributed by atoms with Gasteiger partial charge in [0.05, 0.1) is 4.92 Å². The molecule has 0 N–H and O–H groups in total. The highest BCUT2D eigenvalue weighted by atomic mass is 16.6. The van der Waals surface area contributed by atoms with Gasteiger partial charge in [-0.2, -0.15) is 0 Å². The van der Waals surface area contributed by atoms with Crippen molar-refractivity contribution in [2.75, 3.05) is 0 Å². The molecule has 0 saturated heterocycles. The number of rotatable bonds is 4. The first-order chi connectivity index (χ1) is 6.74. The van der Waals surface area contributed by atoms with E-state index in [9.17, 15) is 10.1 Å². The lowest BCUT2D eigenvalue weighted by atomic mass is 10.0. The van der Waals surface area contributed by atoms with Crippen molar-refractivity contribution < 1.29 is 4.92 Å². The third-order valence-corrected chi connectivity index (χ3v) is 1.95. The van der Waals surface area contributed by atoms with Gasteiger partial charge in [-0.15, -0.1) is 0 Å². The summed E-state index contributed by atoms with van der Waals surface area (Å²) < 4.78 is 0. The van der Waals surface area contributed by atoms with Crippen molar-refractivity contribution in [3.8, 4) is 0 Å². The second kappa shape index (κ2) is 5.17. The Labute approximate surface area is 83.2 Å². The molecule has 0 aliphatic carbocycles. The van der Waals surface area contributed by atoms with Crippen molar-refractivity contribution in [1.29, 1.82) is 0 Å². The third kappa shape index (κ3) is 3.01. The van der Waals surface area contributed by atoms with Gasteiger partial charge in [0.1, 0.15) is 0 Å².